The second-order valence-corrected chi connectivity index (χ2v) is 6.58. The summed E-state index contributed by atoms with van der Waals surface area (Å²) in [6, 6.07) is 14.1. The van der Waals surface area contributed by atoms with E-state index in [-0.39, 0.29) is 23.6 Å². The number of carbonyl (C=O) groups is 2. The molecule has 0 fully saturated rings. The number of ether oxygens (including phenoxy) is 2. The highest BCUT2D eigenvalue weighted by Gasteiger charge is 2.09. The van der Waals surface area contributed by atoms with Gasteiger partial charge >= 0.3 is 5.97 Å². The van der Waals surface area contributed by atoms with Crippen molar-refractivity contribution >= 4 is 34.9 Å². The Balaban J connectivity index is 1.77. The number of amides is 1. The Hall–Kier alpha value is -2.93. The van der Waals surface area contributed by atoms with Crippen molar-refractivity contribution in [2.24, 2.45) is 0 Å². The second kappa shape index (κ2) is 11.0. The van der Waals surface area contributed by atoms with Crippen molar-refractivity contribution in [2.45, 2.75) is 26.7 Å². The summed E-state index contributed by atoms with van der Waals surface area (Å²) >= 11 is 5.13. The summed E-state index contributed by atoms with van der Waals surface area (Å²) in [6.07, 6.45) is 1.81. The highest BCUT2D eigenvalue weighted by Crippen LogP contribution is 2.12. The molecule has 0 heterocycles. The Bertz CT molecular complexity index is 821. The summed E-state index contributed by atoms with van der Waals surface area (Å²) in [6.45, 7) is 4.25. The van der Waals surface area contributed by atoms with Gasteiger partial charge in [-0.3, -0.25) is 10.1 Å². The lowest BCUT2D eigenvalue weighted by atomic mass is 10.2. The fourth-order valence-corrected chi connectivity index (χ4v) is 2.49. The first kappa shape index (κ1) is 21.4. The number of carbonyl (C=O) groups excluding carboxylic acids is 2. The predicted octanol–water partition coefficient (Wildman–Crippen LogP) is 3.84. The van der Waals surface area contributed by atoms with Gasteiger partial charge in [-0.05, 0) is 67.5 Å². The Labute approximate surface area is 170 Å². The molecule has 7 heteroatoms. The summed E-state index contributed by atoms with van der Waals surface area (Å²) in [5, 5.41) is 5.59. The van der Waals surface area contributed by atoms with Crippen LogP contribution in [0, 0.1) is 6.92 Å². The number of benzene rings is 2. The van der Waals surface area contributed by atoms with Gasteiger partial charge in [0.05, 0.1) is 12.2 Å². The van der Waals surface area contributed by atoms with Gasteiger partial charge in [-0.25, -0.2) is 4.79 Å². The van der Waals surface area contributed by atoms with Crippen molar-refractivity contribution in [3.8, 4) is 5.75 Å². The fraction of sp³-hybridized carbons (Fsp3) is 0.286. The molecular weight excluding hydrogens is 376 g/mol. The van der Waals surface area contributed by atoms with Crippen LogP contribution in [-0.2, 0) is 9.53 Å². The first-order chi connectivity index (χ1) is 13.5. The lowest BCUT2D eigenvalue weighted by Crippen LogP contribution is -2.37. The van der Waals surface area contributed by atoms with Crippen LogP contribution in [0.25, 0.3) is 0 Å². The molecule has 2 aromatic carbocycles. The van der Waals surface area contributed by atoms with Gasteiger partial charge in [0, 0.05) is 5.69 Å². The number of hydrogen-bond acceptors (Lipinski definition) is 5. The standard InChI is InChI=1S/C21H24N2O4S/c1-3-4-12-26-20(25)16-8-10-17(11-9-16)22-21(28)23-19(24)14-27-18-7-5-6-15(2)13-18/h5-11,13H,3-4,12,14H2,1-2H3,(H2,22,23,24,28). The quantitative estimate of drug-likeness (QED) is 0.398. The van der Waals surface area contributed by atoms with Crippen LogP contribution >= 0.6 is 12.2 Å². The van der Waals surface area contributed by atoms with Gasteiger partial charge in [-0.15, -0.1) is 0 Å². The van der Waals surface area contributed by atoms with E-state index in [9.17, 15) is 9.59 Å². The van der Waals surface area contributed by atoms with Crippen molar-refractivity contribution < 1.29 is 19.1 Å². The zero-order valence-electron chi connectivity index (χ0n) is 16.0. The molecule has 0 aliphatic heterocycles. The monoisotopic (exact) mass is 400 g/mol. The molecule has 0 aliphatic carbocycles. The average molecular weight is 401 g/mol. The summed E-state index contributed by atoms with van der Waals surface area (Å²) in [5.41, 5.74) is 2.16. The number of esters is 1. The van der Waals surface area contributed by atoms with Crippen LogP contribution in [0.4, 0.5) is 5.69 Å². The van der Waals surface area contributed by atoms with Crippen molar-refractivity contribution in [3.05, 3.63) is 59.7 Å². The molecule has 1 amide bonds. The van der Waals surface area contributed by atoms with Crippen molar-refractivity contribution in [3.63, 3.8) is 0 Å². The molecule has 2 N–H and O–H groups in total. The highest BCUT2D eigenvalue weighted by atomic mass is 32.1. The van der Waals surface area contributed by atoms with E-state index in [1.807, 2.05) is 32.0 Å². The van der Waals surface area contributed by atoms with Gasteiger partial charge in [-0.1, -0.05) is 25.5 Å². The Morgan fingerprint density at radius 1 is 1.11 bits per heavy atom. The zero-order chi connectivity index (χ0) is 20.4. The molecule has 0 saturated heterocycles. The van der Waals surface area contributed by atoms with E-state index in [1.165, 1.54) is 0 Å². The molecule has 0 aromatic heterocycles. The van der Waals surface area contributed by atoms with Crippen LogP contribution in [0.2, 0.25) is 0 Å². The molecule has 0 spiro atoms. The van der Waals surface area contributed by atoms with E-state index >= 15 is 0 Å². The summed E-state index contributed by atoms with van der Waals surface area (Å²) in [4.78, 5) is 23.8. The number of unbranched alkanes of at least 4 members (excludes halogenated alkanes) is 1. The number of aryl methyl sites for hydroxylation is 1. The van der Waals surface area contributed by atoms with Crippen LogP contribution < -0.4 is 15.4 Å². The van der Waals surface area contributed by atoms with Crippen LogP contribution in [0.5, 0.6) is 5.75 Å². The normalized spacial score (nSPS) is 10.1. The molecule has 2 rings (SSSR count). The van der Waals surface area contributed by atoms with E-state index in [0.717, 1.165) is 18.4 Å². The molecule has 2 aromatic rings. The van der Waals surface area contributed by atoms with Gasteiger partial charge in [0.25, 0.3) is 5.91 Å². The highest BCUT2D eigenvalue weighted by molar-refractivity contribution is 7.80. The maximum Gasteiger partial charge on any atom is 0.338 e. The van der Waals surface area contributed by atoms with E-state index in [1.54, 1.807) is 30.3 Å². The van der Waals surface area contributed by atoms with Crippen molar-refractivity contribution in [1.29, 1.82) is 0 Å². The molecule has 28 heavy (non-hydrogen) atoms. The Morgan fingerprint density at radius 2 is 1.86 bits per heavy atom. The molecule has 0 radical (unpaired) electrons. The van der Waals surface area contributed by atoms with Crippen LogP contribution in [0.15, 0.2) is 48.5 Å². The number of rotatable bonds is 8. The molecule has 6 nitrogen and oxygen atoms in total. The Morgan fingerprint density at radius 3 is 2.54 bits per heavy atom. The fourth-order valence-electron chi connectivity index (χ4n) is 2.26. The van der Waals surface area contributed by atoms with Crippen molar-refractivity contribution in [2.75, 3.05) is 18.5 Å². The van der Waals surface area contributed by atoms with Gasteiger partial charge in [-0.2, -0.15) is 0 Å². The summed E-state index contributed by atoms with van der Waals surface area (Å²) in [7, 11) is 0. The molecule has 0 saturated carbocycles. The number of nitrogens with one attached hydrogen (secondary N) is 2. The number of anilines is 1. The average Bonchev–Trinajstić information content (AvgIpc) is 2.67. The summed E-state index contributed by atoms with van der Waals surface area (Å²) in [5.74, 6) is -0.102. The third-order valence-electron chi connectivity index (χ3n) is 3.72. The molecule has 0 bridgehead atoms. The molecule has 0 unspecified atom stereocenters. The van der Waals surface area contributed by atoms with Gasteiger partial charge in [0.15, 0.2) is 11.7 Å². The smallest absolute Gasteiger partial charge is 0.338 e. The minimum absolute atomic E-state index is 0.145. The van der Waals surface area contributed by atoms with E-state index in [2.05, 4.69) is 10.6 Å². The maximum absolute atomic E-state index is 11.9. The molecule has 0 aliphatic rings. The van der Waals surface area contributed by atoms with Crippen molar-refractivity contribution in [1.82, 2.24) is 5.32 Å². The molecule has 148 valence electrons. The number of thiocarbonyl (C=S) groups is 1. The predicted molar refractivity (Wildman–Crippen MR) is 113 cm³/mol. The second-order valence-electron chi connectivity index (χ2n) is 6.17. The topological polar surface area (TPSA) is 76.7 Å². The van der Waals surface area contributed by atoms with E-state index < -0.39 is 0 Å². The molecular formula is C21H24N2O4S. The summed E-state index contributed by atoms with van der Waals surface area (Å²) < 4.78 is 10.6. The van der Waals surface area contributed by atoms with Gasteiger partial charge in [0.1, 0.15) is 5.75 Å². The lowest BCUT2D eigenvalue weighted by molar-refractivity contribution is -0.121. The largest absolute Gasteiger partial charge is 0.484 e. The minimum atomic E-state index is -0.366. The van der Waals surface area contributed by atoms with Gasteiger partial charge < -0.3 is 14.8 Å². The van der Waals surface area contributed by atoms with Crippen LogP contribution in [0.3, 0.4) is 0 Å². The lowest BCUT2D eigenvalue weighted by Gasteiger charge is -2.11. The van der Waals surface area contributed by atoms with Crippen LogP contribution in [0.1, 0.15) is 35.7 Å². The first-order valence-corrected chi connectivity index (χ1v) is 9.46. The zero-order valence-corrected chi connectivity index (χ0v) is 16.8. The van der Waals surface area contributed by atoms with E-state index in [0.29, 0.717) is 23.6 Å². The molecule has 0 atom stereocenters. The van der Waals surface area contributed by atoms with Gasteiger partial charge in [0.2, 0.25) is 0 Å². The minimum Gasteiger partial charge on any atom is -0.484 e. The van der Waals surface area contributed by atoms with Crippen LogP contribution in [-0.4, -0.2) is 30.2 Å². The third-order valence-corrected chi connectivity index (χ3v) is 3.93. The first-order valence-electron chi connectivity index (χ1n) is 9.05. The number of hydrogen-bond donors (Lipinski definition) is 2. The maximum atomic E-state index is 11.9. The van der Waals surface area contributed by atoms with E-state index in [4.69, 9.17) is 21.7 Å². The Kier molecular flexibility index (Phi) is 8.42. The third kappa shape index (κ3) is 7.36. The SMILES string of the molecule is CCCCOC(=O)c1ccc(NC(=S)NC(=O)COc2cccc(C)c2)cc1.